The Bertz CT molecular complexity index is 1530. The van der Waals surface area contributed by atoms with E-state index in [9.17, 15) is 13.2 Å². The van der Waals surface area contributed by atoms with Crippen molar-refractivity contribution in [2.24, 2.45) is 0 Å². The Morgan fingerprint density at radius 3 is 2.38 bits per heavy atom. The third-order valence-corrected chi connectivity index (χ3v) is 8.23. The summed E-state index contributed by atoms with van der Waals surface area (Å²) in [6, 6.07) is 17.8. The summed E-state index contributed by atoms with van der Waals surface area (Å²) < 4.78 is 29.7. The zero-order valence-electron chi connectivity index (χ0n) is 19.0. The van der Waals surface area contributed by atoms with E-state index < -0.39 is 10.0 Å². The topological polar surface area (TPSA) is 88.4 Å². The van der Waals surface area contributed by atoms with Crippen LogP contribution in [0, 0.1) is 13.8 Å². The molecule has 1 saturated heterocycles. The predicted molar refractivity (Wildman–Crippen MR) is 132 cm³/mol. The Kier molecular flexibility index (Phi) is 5.66. The molecule has 9 heteroatoms. The Morgan fingerprint density at radius 1 is 0.853 bits per heavy atom. The second-order valence-electron chi connectivity index (χ2n) is 8.43. The van der Waals surface area contributed by atoms with Crippen molar-refractivity contribution >= 4 is 26.7 Å². The smallest absolute Gasteiger partial charge is 0.271 e. The van der Waals surface area contributed by atoms with Gasteiger partial charge in [0.2, 0.25) is 10.0 Å². The summed E-state index contributed by atoms with van der Waals surface area (Å²) in [7, 11) is -3.69. The van der Waals surface area contributed by atoms with Crippen molar-refractivity contribution in [1.29, 1.82) is 0 Å². The number of para-hydroxylation sites is 1. The number of anilines is 1. The lowest BCUT2D eigenvalue weighted by atomic mass is 10.1. The summed E-state index contributed by atoms with van der Waals surface area (Å²) in [5.74, 6) is 0.640. The molecule has 1 fully saturated rings. The Morgan fingerprint density at radius 2 is 1.62 bits per heavy atom. The van der Waals surface area contributed by atoms with Gasteiger partial charge in [0.1, 0.15) is 10.7 Å². The van der Waals surface area contributed by atoms with Gasteiger partial charge in [-0.3, -0.25) is 9.78 Å². The standard InChI is InChI=1S/C25H25N5O3S/c1-18-8-9-21(17-19(18)2)30-24(31)11-10-23(27-30)28-13-15-29(16-14-28)34(32,33)22-7-3-5-20-6-4-12-26-25(20)22/h3-12,17H,13-16H2,1-2H3. The molecule has 5 rings (SSSR count). The first kappa shape index (κ1) is 22.2. The van der Waals surface area contributed by atoms with Crippen molar-refractivity contribution in [3.63, 3.8) is 0 Å². The van der Waals surface area contributed by atoms with Crippen LogP contribution in [0.4, 0.5) is 5.82 Å². The fourth-order valence-electron chi connectivity index (χ4n) is 4.19. The highest BCUT2D eigenvalue weighted by atomic mass is 32.2. The van der Waals surface area contributed by atoms with Gasteiger partial charge in [-0.25, -0.2) is 8.42 Å². The molecular weight excluding hydrogens is 450 g/mol. The molecule has 0 bridgehead atoms. The van der Waals surface area contributed by atoms with E-state index >= 15 is 0 Å². The van der Waals surface area contributed by atoms with E-state index in [1.807, 2.05) is 49.1 Å². The lowest BCUT2D eigenvalue weighted by Gasteiger charge is -2.34. The molecule has 0 N–H and O–H groups in total. The number of nitrogens with zero attached hydrogens (tertiary/aromatic N) is 5. The van der Waals surface area contributed by atoms with Gasteiger partial charge < -0.3 is 4.90 Å². The van der Waals surface area contributed by atoms with Crippen molar-refractivity contribution in [2.75, 3.05) is 31.1 Å². The van der Waals surface area contributed by atoms with Crippen LogP contribution in [0.15, 0.2) is 76.6 Å². The van der Waals surface area contributed by atoms with Crippen LogP contribution in [-0.4, -0.2) is 53.7 Å². The van der Waals surface area contributed by atoms with E-state index in [-0.39, 0.29) is 10.5 Å². The first-order valence-electron chi connectivity index (χ1n) is 11.1. The van der Waals surface area contributed by atoms with E-state index in [1.54, 1.807) is 30.5 Å². The third-order valence-electron chi connectivity index (χ3n) is 6.30. The molecule has 4 aromatic rings. The zero-order valence-corrected chi connectivity index (χ0v) is 19.9. The molecule has 0 spiro atoms. The van der Waals surface area contributed by atoms with Gasteiger partial charge in [-0.2, -0.15) is 8.99 Å². The van der Waals surface area contributed by atoms with E-state index in [0.29, 0.717) is 43.2 Å². The van der Waals surface area contributed by atoms with Crippen LogP contribution in [0.25, 0.3) is 16.6 Å². The van der Waals surface area contributed by atoms with Crippen LogP contribution in [0.5, 0.6) is 0 Å². The van der Waals surface area contributed by atoms with Gasteiger partial charge in [-0.15, -0.1) is 5.10 Å². The van der Waals surface area contributed by atoms with Crippen molar-refractivity contribution in [2.45, 2.75) is 18.7 Å². The molecule has 0 unspecified atom stereocenters. The van der Waals surface area contributed by atoms with E-state index in [1.165, 1.54) is 15.1 Å². The fraction of sp³-hybridized carbons (Fsp3) is 0.240. The largest absolute Gasteiger partial charge is 0.353 e. The fourth-order valence-corrected chi connectivity index (χ4v) is 5.78. The summed E-state index contributed by atoms with van der Waals surface area (Å²) in [6.07, 6.45) is 1.61. The second-order valence-corrected chi connectivity index (χ2v) is 10.3. The number of hydrogen-bond acceptors (Lipinski definition) is 6. The minimum Gasteiger partial charge on any atom is -0.353 e. The highest BCUT2D eigenvalue weighted by Crippen LogP contribution is 2.25. The van der Waals surface area contributed by atoms with Crippen LogP contribution in [0.2, 0.25) is 0 Å². The maximum Gasteiger partial charge on any atom is 0.271 e. The predicted octanol–water partition coefficient (Wildman–Crippen LogP) is 2.91. The van der Waals surface area contributed by atoms with E-state index in [4.69, 9.17) is 0 Å². The van der Waals surface area contributed by atoms with E-state index in [2.05, 4.69) is 10.1 Å². The minimum absolute atomic E-state index is 0.211. The first-order chi connectivity index (χ1) is 16.3. The number of aromatic nitrogens is 3. The molecule has 2 aromatic carbocycles. The molecule has 34 heavy (non-hydrogen) atoms. The highest BCUT2D eigenvalue weighted by molar-refractivity contribution is 7.89. The number of benzene rings is 2. The number of hydrogen-bond donors (Lipinski definition) is 0. The van der Waals surface area contributed by atoms with Gasteiger partial charge in [-0.1, -0.05) is 24.3 Å². The van der Waals surface area contributed by atoms with Gasteiger partial charge in [0.05, 0.1) is 11.2 Å². The number of piperazine rings is 1. The minimum atomic E-state index is -3.69. The summed E-state index contributed by atoms with van der Waals surface area (Å²) in [5, 5.41) is 5.37. The normalized spacial score (nSPS) is 15.1. The molecule has 0 radical (unpaired) electrons. The van der Waals surface area contributed by atoms with Gasteiger partial charge in [-0.05, 0) is 55.3 Å². The van der Waals surface area contributed by atoms with Gasteiger partial charge in [0.25, 0.3) is 5.56 Å². The Labute approximate surface area is 198 Å². The highest BCUT2D eigenvalue weighted by Gasteiger charge is 2.30. The van der Waals surface area contributed by atoms with Crippen LogP contribution in [-0.2, 0) is 10.0 Å². The van der Waals surface area contributed by atoms with Crippen molar-refractivity contribution < 1.29 is 8.42 Å². The third kappa shape index (κ3) is 3.97. The average Bonchev–Trinajstić information content (AvgIpc) is 2.86. The average molecular weight is 476 g/mol. The zero-order chi connectivity index (χ0) is 23.9. The monoisotopic (exact) mass is 475 g/mol. The number of fused-ring (bicyclic) bond motifs is 1. The lowest BCUT2D eigenvalue weighted by molar-refractivity contribution is 0.383. The molecule has 1 aliphatic heterocycles. The maximum absolute atomic E-state index is 13.4. The summed E-state index contributed by atoms with van der Waals surface area (Å²) in [4.78, 5) is 19.0. The van der Waals surface area contributed by atoms with E-state index in [0.717, 1.165) is 16.5 Å². The maximum atomic E-state index is 13.4. The van der Waals surface area contributed by atoms with Crippen LogP contribution >= 0.6 is 0 Å². The molecule has 0 amide bonds. The summed E-state index contributed by atoms with van der Waals surface area (Å²) in [5.41, 5.74) is 3.20. The quantitative estimate of drug-likeness (QED) is 0.451. The van der Waals surface area contributed by atoms with Crippen molar-refractivity contribution in [1.82, 2.24) is 19.1 Å². The SMILES string of the molecule is Cc1ccc(-n2nc(N3CCN(S(=O)(=O)c4cccc5cccnc45)CC3)ccc2=O)cc1C. The molecule has 174 valence electrons. The van der Waals surface area contributed by atoms with Crippen LogP contribution in [0.3, 0.4) is 0 Å². The van der Waals surface area contributed by atoms with Crippen LogP contribution in [0.1, 0.15) is 11.1 Å². The molecule has 1 aliphatic rings. The van der Waals surface area contributed by atoms with Gasteiger partial charge >= 0.3 is 0 Å². The van der Waals surface area contributed by atoms with Crippen LogP contribution < -0.4 is 10.5 Å². The molecular formula is C25H25N5O3S. The number of rotatable bonds is 4. The molecule has 0 atom stereocenters. The number of sulfonamides is 1. The Hall–Kier alpha value is -3.56. The summed E-state index contributed by atoms with van der Waals surface area (Å²) in [6.45, 7) is 5.59. The molecule has 0 aliphatic carbocycles. The van der Waals surface area contributed by atoms with Gasteiger partial charge in [0, 0.05) is 43.8 Å². The molecule has 8 nitrogen and oxygen atoms in total. The van der Waals surface area contributed by atoms with Crippen molar-refractivity contribution in [3.8, 4) is 5.69 Å². The molecule has 0 saturated carbocycles. The van der Waals surface area contributed by atoms with Crippen molar-refractivity contribution in [3.05, 3.63) is 88.3 Å². The second kappa shape index (κ2) is 8.66. The number of pyridine rings is 1. The van der Waals surface area contributed by atoms with Gasteiger partial charge in [0.15, 0.2) is 0 Å². The summed E-state index contributed by atoms with van der Waals surface area (Å²) >= 11 is 0. The number of aryl methyl sites for hydroxylation is 2. The Balaban J connectivity index is 1.38. The molecule has 2 aromatic heterocycles. The first-order valence-corrected chi connectivity index (χ1v) is 12.6. The lowest BCUT2D eigenvalue weighted by Crippen LogP contribution is -2.49. The molecule has 3 heterocycles.